The first kappa shape index (κ1) is 11.7. The van der Waals surface area contributed by atoms with Crippen molar-refractivity contribution in [2.75, 3.05) is 4.90 Å². The Morgan fingerprint density at radius 2 is 1.63 bits per heavy atom. The maximum absolute atomic E-state index is 12.1. The Labute approximate surface area is 113 Å². The van der Waals surface area contributed by atoms with Crippen molar-refractivity contribution in [2.45, 2.75) is 13.0 Å². The number of nitrogens with zero attached hydrogens (tertiary/aromatic N) is 1. The van der Waals surface area contributed by atoms with E-state index >= 15 is 0 Å². The molecular formula is C17H15NO. The van der Waals surface area contributed by atoms with Crippen LogP contribution >= 0.6 is 0 Å². The Kier molecular flexibility index (Phi) is 2.71. The fourth-order valence-corrected chi connectivity index (χ4v) is 2.55. The lowest BCUT2D eigenvalue weighted by Crippen LogP contribution is -2.49. The third-order valence-electron chi connectivity index (χ3n) is 3.60. The number of amides is 1. The van der Waals surface area contributed by atoms with Crippen LogP contribution in [-0.2, 0) is 4.79 Å². The predicted octanol–water partition coefficient (Wildman–Crippen LogP) is 3.64. The first-order valence-electron chi connectivity index (χ1n) is 6.33. The lowest BCUT2D eigenvalue weighted by atomic mass is 9.86. The molecule has 1 unspecified atom stereocenters. The number of aryl methyl sites for hydroxylation is 1. The molecule has 0 aliphatic carbocycles. The smallest absolute Gasteiger partial charge is 0.256 e. The molecule has 2 aromatic carbocycles. The summed E-state index contributed by atoms with van der Waals surface area (Å²) in [7, 11) is 0. The number of carbonyl (C=O) groups excluding carboxylic acids is 1. The van der Waals surface area contributed by atoms with Gasteiger partial charge in [-0.25, -0.2) is 0 Å². The lowest BCUT2D eigenvalue weighted by molar-refractivity contribution is -0.118. The minimum Gasteiger partial charge on any atom is -0.297 e. The molecule has 19 heavy (non-hydrogen) atoms. The van der Waals surface area contributed by atoms with Crippen LogP contribution in [0.1, 0.15) is 17.2 Å². The van der Waals surface area contributed by atoms with E-state index in [0.717, 1.165) is 11.3 Å². The third kappa shape index (κ3) is 1.76. The second-order valence-corrected chi connectivity index (χ2v) is 4.80. The normalized spacial score (nSPS) is 18.4. The van der Waals surface area contributed by atoms with E-state index in [1.807, 2.05) is 47.4 Å². The number of hydrogen-bond acceptors (Lipinski definition) is 1. The number of hydrogen-bond donors (Lipinski definition) is 0. The van der Waals surface area contributed by atoms with Gasteiger partial charge in [-0.2, -0.15) is 0 Å². The van der Waals surface area contributed by atoms with Crippen molar-refractivity contribution in [3.8, 4) is 0 Å². The van der Waals surface area contributed by atoms with E-state index in [-0.39, 0.29) is 11.9 Å². The van der Waals surface area contributed by atoms with Crippen LogP contribution < -0.4 is 4.90 Å². The van der Waals surface area contributed by atoms with Crippen molar-refractivity contribution in [1.29, 1.82) is 0 Å². The largest absolute Gasteiger partial charge is 0.297 e. The third-order valence-corrected chi connectivity index (χ3v) is 3.60. The highest BCUT2D eigenvalue weighted by Crippen LogP contribution is 2.42. The van der Waals surface area contributed by atoms with Crippen molar-refractivity contribution >= 4 is 11.6 Å². The van der Waals surface area contributed by atoms with Gasteiger partial charge in [-0.3, -0.25) is 9.69 Å². The van der Waals surface area contributed by atoms with E-state index in [2.05, 4.69) is 25.6 Å². The summed E-state index contributed by atoms with van der Waals surface area (Å²) in [6.07, 6.45) is 0. The number of para-hydroxylation sites is 1. The SMILES string of the molecule is C=C1C(=O)N(c2ccccc2)C1c1ccccc1C. The summed E-state index contributed by atoms with van der Waals surface area (Å²) in [6, 6.07) is 17.9. The molecule has 0 spiro atoms. The predicted molar refractivity (Wildman–Crippen MR) is 77.0 cm³/mol. The second kappa shape index (κ2) is 4.39. The van der Waals surface area contributed by atoms with Crippen LogP contribution in [0.5, 0.6) is 0 Å². The average molecular weight is 249 g/mol. The minimum absolute atomic E-state index is 0.0134. The van der Waals surface area contributed by atoms with Gasteiger partial charge in [0.05, 0.1) is 6.04 Å². The van der Waals surface area contributed by atoms with Gasteiger partial charge in [0.15, 0.2) is 0 Å². The van der Waals surface area contributed by atoms with Crippen molar-refractivity contribution < 1.29 is 4.79 Å². The first-order valence-corrected chi connectivity index (χ1v) is 6.33. The molecule has 0 aromatic heterocycles. The number of β-lactam (4-membered cyclic amide) rings is 1. The highest BCUT2D eigenvalue weighted by Gasteiger charge is 2.42. The Morgan fingerprint density at radius 3 is 2.32 bits per heavy atom. The number of benzene rings is 2. The van der Waals surface area contributed by atoms with Gasteiger partial charge in [0.25, 0.3) is 5.91 Å². The highest BCUT2D eigenvalue weighted by molar-refractivity contribution is 6.15. The molecule has 2 heteroatoms. The Bertz CT molecular complexity index is 645. The molecule has 1 heterocycles. The molecule has 1 atom stereocenters. The van der Waals surface area contributed by atoms with Crippen LogP contribution in [0.2, 0.25) is 0 Å². The lowest BCUT2D eigenvalue weighted by Gasteiger charge is -2.43. The zero-order valence-electron chi connectivity index (χ0n) is 10.8. The summed E-state index contributed by atoms with van der Waals surface area (Å²) < 4.78 is 0. The zero-order chi connectivity index (χ0) is 13.4. The van der Waals surface area contributed by atoms with Crippen LogP contribution in [0.25, 0.3) is 0 Å². The molecule has 1 aliphatic heterocycles. The molecule has 94 valence electrons. The fraction of sp³-hybridized carbons (Fsp3) is 0.118. The van der Waals surface area contributed by atoms with Gasteiger partial charge < -0.3 is 0 Å². The molecule has 0 radical (unpaired) electrons. The van der Waals surface area contributed by atoms with Crippen molar-refractivity contribution in [3.63, 3.8) is 0 Å². The quantitative estimate of drug-likeness (QED) is 0.588. The Balaban J connectivity index is 2.04. The Morgan fingerprint density at radius 1 is 1.00 bits per heavy atom. The van der Waals surface area contributed by atoms with Gasteiger partial charge in [-0.15, -0.1) is 0 Å². The van der Waals surface area contributed by atoms with E-state index in [1.165, 1.54) is 5.56 Å². The zero-order valence-corrected chi connectivity index (χ0v) is 10.8. The monoisotopic (exact) mass is 249 g/mol. The number of anilines is 1. The van der Waals surface area contributed by atoms with Gasteiger partial charge in [-0.05, 0) is 30.2 Å². The van der Waals surface area contributed by atoms with E-state index < -0.39 is 0 Å². The van der Waals surface area contributed by atoms with Gasteiger partial charge in [0, 0.05) is 11.3 Å². The molecule has 2 aromatic rings. The number of rotatable bonds is 2. The van der Waals surface area contributed by atoms with Gasteiger partial charge in [0.2, 0.25) is 0 Å². The molecule has 1 amide bonds. The summed E-state index contributed by atoms with van der Waals surface area (Å²) in [5.74, 6) is 0.0134. The molecule has 0 N–H and O–H groups in total. The maximum atomic E-state index is 12.1. The summed E-state index contributed by atoms with van der Waals surface area (Å²) in [4.78, 5) is 13.9. The molecule has 3 rings (SSSR count). The van der Waals surface area contributed by atoms with Crippen LogP contribution in [0.15, 0.2) is 66.7 Å². The van der Waals surface area contributed by atoms with E-state index in [1.54, 1.807) is 0 Å². The molecule has 2 nitrogen and oxygen atoms in total. The van der Waals surface area contributed by atoms with Crippen LogP contribution in [-0.4, -0.2) is 5.91 Å². The van der Waals surface area contributed by atoms with E-state index in [4.69, 9.17) is 0 Å². The molecule has 1 fully saturated rings. The molecular weight excluding hydrogens is 234 g/mol. The molecule has 0 bridgehead atoms. The highest BCUT2D eigenvalue weighted by atomic mass is 16.2. The van der Waals surface area contributed by atoms with Crippen LogP contribution in [0.4, 0.5) is 5.69 Å². The molecule has 0 saturated carbocycles. The van der Waals surface area contributed by atoms with Gasteiger partial charge >= 0.3 is 0 Å². The second-order valence-electron chi connectivity index (χ2n) is 4.80. The van der Waals surface area contributed by atoms with Crippen molar-refractivity contribution in [3.05, 3.63) is 77.9 Å². The van der Waals surface area contributed by atoms with Crippen LogP contribution in [0.3, 0.4) is 0 Å². The van der Waals surface area contributed by atoms with Crippen molar-refractivity contribution in [2.24, 2.45) is 0 Å². The van der Waals surface area contributed by atoms with E-state index in [9.17, 15) is 4.79 Å². The van der Waals surface area contributed by atoms with Gasteiger partial charge in [0.1, 0.15) is 0 Å². The number of carbonyl (C=O) groups is 1. The Hall–Kier alpha value is -2.35. The van der Waals surface area contributed by atoms with Gasteiger partial charge in [-0.1, -0.05) is 49.0 Å². The minimum atomic E-state index is -0.0314. The summed E-state index contributed by atoms with van der Waals surface area (Å²) >= 11 is 0. The molecule has 1 saturated heterocycles. The van der Waals surface area contributed by atoms with Crippen molar-refractivity contribution in [1.82, 2.24) is 0 Å². The summed E-state index contributed by atoms with van der Waals surface area (Å²) in [5.41, 5.74) is 3.92. The van der Waals surface area contributed by atoms with E-state index in [0.29, 0.717) is 5.57 Å². The first-order chi connectivity index (χ1) is 9.20. The molecule has 1 aliphatic rings. The fourth-order valence-electron chi connectivity index (χ4n) is 2.55. The van der Waals surface area contributed by atoms with Crippen LogP contribution in [0, 0.1) is 6.92 Å². The topological polar surface area (TPSA) is 20.3 Å². The summed E-state index contributed by atoms with van der Waals surface area (Å²) in [5, 5.41) is 0. The summed E-state index contributed by atoms with van der Waals surface area (Å²) in [6.45, 7) is 5.99. The average Bonchev–Trinajstić information content (AvgIpc) is 2.46. The maximum Gasteiger partial charge on any atom is 0.256 e. The standard InChI is InChI=1S/C17H15NO/c1-12-8-6-7-11-15(12)16-13(2)17(19)18(16)14-9-4-3-5-10-14/h3-11,16H,2H2,1H3.